The molecule has 2 atom stereocenters. The van der Waals surface area contributed by atoms with E-state index in [2.05, 4.69) is 10.6 Å². The van der Waals surface area contributed by atoms with E-state index in [9.17, 15) is 9.00 Å². The summed E-state index contributed by atoms with van der Waals surface area (Å²) in [5.41, 5.74) is 1.67. The molecule has 0 bridgehead atoms. The first-order valence-electron chi connectivity index (χ1n) is 7.58. The second-order valence-corrected chi connectivity index (χ2v) is 6.90. The lowest BCUT2D eigenvalue weighted by atomic mass is 10.1. The average molecular weight is 330 g/mol. The Bertz CT molecular complexity index is 674. The summed E-state index contributed by atoms with van der Waals surface area (Å²) < 4.78 is 12.4. The molecule has 2 unspecified atom stereocenters. The first-order chi connectivity index (χ1) is 11.1. The highest BCUT2D eigenvalue weighted by Gasteiger charge is 2.12. The normalized spacial score (nSPS) is 13.3. The number of anilines is 1. The number of hydrogen-bond donors (Lipinski definition) is 2. The molecule has 0 aliphatic rings. The van der Waals surface area contributed by atoms with Gasteiger partial charge in [-0.3, -0.25) is 9.00 Å². The molecule has 0 heterocycles. The number of hydrogen-bond acceptors (Lipinski definition) is 3. The van der Waals surface area contributed by atoms with Crippen LogP contribution < -0.4 is 10.6 Å². The summed E-state index contributed by atoms with van der Waals surface area (Å²) in [6, 6.07) is 16.9. The average Bonchev–Trinajstić information content (AvgIpc) is 2.56. The van der Waals surface area contributed by atoms with E-state index in [0.29, 0.717) is 12.3 Å². The Labute approximate surface area is 139 Å². The molecule has 1 amide bonds. The quantitative estimate of drug-likeness (QED) is 0.821. The lowest BCUT2D eigenvalue weighted by Crippen LogP contribution is -2.28. The van der Waals surface area contributed by atoms with Crippen LogP contribution in [0.25, 0.3) is 0 Å². The molecule has 2 aromatic carbocycles. The van der Waals surface area contributed by atoms with Crippen LogP contribution in [0.2, 0.25) is 0 Å². The zero-order valence-corrected chi connectivity index (χ0v) is 14.2. The molecule has 2 rings (SSSR count). The van der Waals surface area contributed by atoms with Crippen LogP contribution in [0.5, 0.6) is 0 Å². The van der Waals surface area contributed by atoms with Gasteiger partial charge in [-0.25, -0.2) is 0 Å². The lowest BCUT2D eigenvalue weighted by molar-refractivity contribution is -0.119. The number of nitrogens with one attached hydrogen (secondary N) is 2. The molecule has 23 heavy (non-hydrogen) atoms. The van der Waals surface area contributed by atoms with E-state index in [1.54, 1.807) is 0 Å². The molecule has 4 nitrogen and oxygen atoms in total. The molecular formula is C18H22N2O2S. The molecular weight excluding hydrogens is 308 g/mol. The zero-order chi connectivity index (χ0) is 16.7. The van der Waals surface area contributed by atoms with Gasteiger partial charge in [-0.15, -0.1) is 0 Å². The fourth-order valence-electron chi connectivity index (χ4n) is 2.21. The highest BCUT2D eigenvalue weighted by molar-refractivity contribution is 7.84. The molecule has 0 aromatic heterocycles. The van der Waals surface area contributed by atoms with Crippen LogP contribution in [-0.2, 0) is 21.3 Å². The largest absolute Gasteiger partial charge is 0.326 e. The van der Waals surface area contributed by atoms with Gasteiger partial charge in [0, 0.05) is 23.0 Å². The molecule has 0 saturated carbocycles. The maximum Gasteiger partial charge on any atom is 0.228 e. The van der Waals surface area contributed by atoms with E-state index in [1.807, 2.05) is 68.6 Å². The van der Waals surface area contributed by atoms with Gasteiger partial charge in [0.15, 0.2) is 0 Å². The maximum absolute atomic E-state index is 12.4. The van der Waals surface area contributed by atoms with Crippen LogP contribution in [0.4, 0.5) is 5.69 Å². The van der Waals surface area contributed by atoms with Gasteiger partial charge >= 0.3 is 0 Å². The molecule has 5 heteroatoms. The smallest absolute Gasteiger partial charge is 0.228 e. The second-order valence-electron chi connectivity index (χ2n) is 5.45. The Morgan fingerprint density at radius 3 is 2.57 bits per heavy atom. The van der Waals surface area contributed by atoms with E-state index in [-0.39, 0.29) is 11.8 Å². The fraction of sp³-hybridized carbons (Fsp3) is 0.278. The van der Waals surface area contributed by atoms with Gasteiger partial charge in [0.2, 0.25) is 5.91 Å². The Morgan fingerprint density at radius 2 is 1.87 bits per heavy atom. The molecule has 0 aliphatic heterocycles. The predicted molar refractivity (Wildman–Crippen MR) is 94.7 cm³/mol. The van der Waals surface area contributed by atoms with Crippen molar-refractivity contribution in [2.45, 2.75) is 17.6 Å². The van der Waals surface area contributed by atoms with Gasteiger partial charge in [0.1, 0.15) is 0 Å². The van der Waals surface area contributed by atoms with Crippen molar-refractivity contribution in [1.82, 2.24) is 5.32 Å². The minimum absolute atomic E-state index is 0.0271. The molecule has 0 fully saturated rings. The van der Waals surface area contributed by atoms with Crippen molar-refractivity contribution in [3.8, 4) is 0 Å². The molecule has 0 aliphatic carbocycles. The third-order valence-electron chi connectivity index (χ3n) is 3.46. The second kappa shape index (κ2) is 8.60. The Hall–Kier alpha value is -1.98. The number of rotatable bonds is 7. The van der Waals surface area contributed by atoms with Crippen molar-refractivity contribution >= 4 is 22.4 Å². The summed E-state index contributed by atoms with van der Waals surface area (Å²) >= 11 is 0. The molecule has 2 N–H and O–H groups in total. The number of benzene rings is 2. The van der Waals surface area contributed by atoms with Crippen molar-refractivity contribution in [3.63, 3.8) is 0 Å². The first kappa shape index (κ1) is 17.4. The maximum atomic E-state index is 12.4. The summed E-state index contributed by atoms with van der Waals surface area (Å²) in [4.78, 5) is 12.9. The van der Waals surface area contributed by atoms with Crippen molar-refractivity contribution < 1.29 is 9.00 Å². The van der Waals surface area contributed by atoms with Gasteiger partial charge in [-0.05, 0) is 36.9 Å². The van der Waals surface area contributed by atoms with Gasteiger partial charge < -0.3 is 10.6 Å². The predicted octanol–water partition coefficient (Wildman–Crippen LogP) is 2.79. The van der Waals surface area contributed by atoms with Crippen LogP contribution in [0.3, 0.4) is 0 Å². The summed E-state index contributed by atoms with van der Waals surface area (Å²) in [5.74, 6) is 0.294. The fourth-order valence-corrected chi connectivity index (χ4v) is 3.32. The third-order valence-corrected chi connectivity index (χ3v) is 4.85. The van der Waals surface area contributed by atoms with Crippen molar-refractivity contribution in [3.05, 3.63) is 60.2 Å². The zero-order valence-electron chi connectivity index (χ0n) is 13.4. The lowest BCUT2D eigenvalue weighted by Gasteiger charge is -2.12. The number of carbonyl (C=O) groups excluding carboxylic acids is 1. The number of carbonyl (C=O) groups is 1. The van der Waals surface area contributed by atoms with E-state index >= 15 is 0 Å². The molecule has 0 saturated heterocycles. The SMILES string of the molecule is CNCC(C)C(=O)Nc1cccc(CS(=O)c2ccccc2)c1. The van der Waals surface area contributed by atoms with Crippen LogP contribution in [-0.4, -0.2) is 23.7 Å². The van der Waals surface area contributed by atoms with Gasteiger partial charge in [-0.1, -0.05) is 37.3 Å². The first-order valence-corrected chi connectivity index (χ1v) is 8.90. The van der Waals surface area contributed by atoms with Gasteiger partial charge in [0.05, 0.1) is 16.6 Å². The Kier molecular flexibility index (Phi) is 6.50. The van der Waals surface area contributed by atoms with Crippen LogP contribution >= 0.6 is 0 Å². The molecule has 0 radical (unpaired) electrons. The number of amides is 1. The molecule has 2 aromatic rings. The van der Waals surface area contributed by atoms with Gasteiger partial charge in [-0.2, -0.15) is 0 Å². The monoisotopic (exact) mass is 330 g/mol. The Balaban J connectivity index is 2.02. The van der Waals surface area contributed by atoms with E-state index < -0.39 is 10.8 Å². The summed E-state index contributed by atoms with van der Waals surface area (Å²) in [6.45, 7) is 2.50. The minimum atomic E-state index is -1.09. The highest BCUT2D eigenvalue weighted by atomic mass is 32.2. The highest BCUT2D eigenvalue weighted by Crippen LogP contribution is 2.16. The van der Waals surface area contributed by atoms with Crippen molar-refractivity contribution in [2.24, 2.45) is 5.92 Å². The summed E-state index contributed by atoms with van der Waals surface area (Å²) in [7, 11) is 0.733. The van der Waals surface area contributed by atoms with E-state index in [0.717, 1.165) is 16.1 Å². The summed E-state index contributed by atoms with van der Waals surface area (Å²) in [6.07, 6.45) is 0. The van der Waals surface area contributed by atoms with Gasteiger partial charge in [0.25, 0.3) is 0 Å². The minimum Gasteiger partial charge on any atom is -0.326 e. The Morgan fingerprint density at radius 1 is 1.13 bits per heavy atom. The van der Waals surface area contributed by atoms with Crippen LogP contribution in [0, 0.1) is 5.92 Å². The van der Waals surface area contributed by atoms with E-state index in [4.69, 9.17) is 0 Å². The third kappa shape index (κ3) is 5.30. The standard InChI is InChI=1S/C18H22N2O2S/c1-14(12-19-2)18(21)20-16-8-6-7-15(11-16)13-23(22)17-9-4-3-5-10-17/h3-11,14,19H,12-13H2,1-2H3,(H,20,21). The van der Waals surface area contributed by atoms with Crippen molar-refractivity contribution in [2.75, 3.05) is 18.9 Å². The molecule has 122 valence electrons. The topological polar surface area (TPSA) is 58.2 Å². The van der Waals surface area contributed by atoms with Crippen LogP contribution in [0.1, 0.15) is 12.5 Å². The van der Waals surface area contributed by atoms with Crippen molar-refractivity contribution in [1.29, 1.82) is 0 Å². The van der Waals surface area contributed by atoms with E-state index in [1.165, 1.54) is 0 Å². The molecule has 0 spiro atoms. The van der Waals surface area contributed by atoms with Crippen LogP contribution in [0.15, 0.2) is 59.5 Å². The summed E-state index contributed by atoms with van der Waals surface area (Å²) in [5, 5.41) is 5.89.